The molecule has 15 heavy (non-hydrogen) atoms. The largest absolute Gasteiger partial charge is 0.344 e. The summed E-state index contributed by atoms with van der Waals surface area (Å²) in [6.07, 6.45) is 2.07. The molecule has 1 amide bonds. The molecule has 0 saturated carbocycles. The van der Waals surface area contributed by atoms with Gasteiger partial charge in [0.1, 0.15) is 0 Å². The summed E-state index contributed by atoms with van der Waals surface area (Å²) in [6.45, 7) is 6.45. The summed E-state index contributed by atoms with van der Waals surface area (Å²) in [6, 6.07) is 0.0311. The van der Waals surface area contributed by atoms with E-state index in [1.165, 1.54) is 0 Å². The van der Waals surface area contributed by atoms with Crippen LogP contribution in [-0.2, 0) is 4.79 Å². The van der Waals surface area contributed by atoms with Gasteiger partial charge in [-0.15, -0.1) is 0 Å². The van der Waals surface area contributed by atoms with E-state index in [4.69, 9.17) is 5.73 Å². The van der Waals surface area contributed by atoms with Gasteiger partial charge < -0.3 is 16.0 Å². The van der Waals surface area contributed by atoms with Crippen LogP contribution < -0.4 is 11.1 Å². The summed E-state index contributed by atoms with van der Waals surface area (Å²) < 4.78 is 0. The van der Waals surface area contributed by atoms with E-state index in [-0.39, 0.29) is 17.4 Å². The summed E-state index contributed by atoms with van der Waals surface area (Å²) in [7, 11) is 1.86. The van der Waals surface area contributed by atoms with E-state index >= 15 is 0 Å². The Kier molecular flexibility index (Phi) is 4.11. The summed E-state index contributed by atoms with van der Waals surface area (Å²) in [5, 5.41) is 3.22. The molecule has 1 aliphatic rings. The van der Waals surface area contributed by atoms with E-state index in [9.17, 15) is 4.79 Å². The molecular weight excluding hydrogens is 190 g/mol. The lowest BCUT2D eigenvalue weighted by atomic mass is 9.93. The third-order valence-corrected chi connectivity index (χ3v) is 2.95. The van der Waals surface area contributed by atoms with Gasteiger partial charge in [-0.25, -0.2) is 0 Å². The molecule has 0 aromatic carbocycles. The average Bonchev–Trinajstić information content (AvgIpc) is 2.68. The van der Waals surface area contributed by atoms with Crippen LogP contribution in [0.2, 0.25) is 0 Å². The Hall–Kier alpha value is -0.610. The fourth-order valence-corrected chi connectivity index (χ4v) is 1.95. The van der Waals surface area contributed by atoms with Gasteiger partial charge in [-0.3, -0.25) is 4.79 Å². The van der Waals surface area contributed by atoms with Crippen LogP contribution in [0.1, 0.15) is 26.7 Å². The first kappa shape index (κ1) is 12.5. The van der Waals surface area contributed by atoms with Gasteiger partial charge in [0, 0.05) is 13.6 Å². The molecule has 3 N–H and O–H groups in total. The molecule has 0 aromatic heterocycles. The number of carbonyl (C=O) groups is 1. The maximum Gasteiger partial charge on any atom is 0.239 e. The molecule has 1 atom stereocenters. The molecule has 1 fully saturated rings. The van der Waals surface area contributed by atoms with Gasteiger partial charge in [0.25, 0.3) is 0 Å². The average molecular weight is 213 g/mol. The maximum absolute atomic E-state index is 12.0. The normalized spacial score (nSPS) is 21.7. The maximum atomic E-state index is 12.0. The molecule has 0 aromatic rings. The molecule has 0 unspecified atom stereocenters. The molecule has 4 nitrogen and oxygen atoms in total. The van der Waals surface area contributed by atoms with Crippen molar-refractivity contribution in [1.29, 1.82) is 0 Å². The van der Waals surface area contributed by atoms with Gasteiger partial charge in [-0.1, -0.05) is 13.8 Å². The highest BCUT2D eigenvalue weighted by molar-refractivity contribution is 5.81. The van der Waals surface area contributed by atoms with Crippen LogP contribution >= 0.6 is 0 Å². The number of hydrogen-bond donors (Lipinski definition) is 2. The molecule has 1 heterocycles. The van der Waals surface area contributed by atoms with Crippen LogP contribution in [-0.4, -0.2) is 43.5 Å². The lowest BCUT2D eigenvalue weighted by Crippen LogP contribution is -2.46. The second kappa shape index (κ2) is 4.94. The molecule has 4 heteroatoms. The van der Waals surface area contributed by atoms with Crippen molar-refractivity contribution in [3.05, 3.63) is 0 Å². The van der Waals surface area contributed by atoms with Crippen LogP contribution in [0.3, 0.4) is 0 Å². The summed E-state index contributed by atoms with van der Waals surface area (Å²) in [5.41, 5.74) is 5.66. The molecule has 0 aliphatic carbocycles. The monoisotopic (exact) mass is 213 g/mol. The van der Waals surface area contributed by atoms with E-state index < -0.39 is 0 Å². The predicted octanol–water partition coefficient (Wildman–Crippen LogP) is 0.182. The third-order valence-electron chi connectivity index (χ3n) is 2.95. The quantitative estimate of drug-likeness (QED) is 0.700. The first-order chi connectivity index (χ1) is 6.96. The third kappa shape index (κ3) is 3.47. The Morgan fingerprint density at radius 2 is 2.27 bits per heavy atom. The number of hydrogen-bond acceptors (Lipinski definition) is 3. The van der Waals surface area contributed by atoms with Crippen LogP contribution in [0.25, 0.3) is 0 Å². The van der Waals surface area contributed by atoms with E-state index in [0.29, 0.717) is 6.54 Å². The van der Waals surface area contributed by atoms with Crippen LogP contribution in [0.15, 0.2) is 0 Å². The van der Waals surface area contributed by atoms with Gasteiger partial charge in [0.15, 0.2) is 0 Å². The molecule has 88 valence electrons. The van der Waals surface area contributed by atoms with Crippen molar-refractivity contribution in [2.75, 3.05) is 26.7 Å². The van der Waals surface area contributed by atoms with Crippen LogP contribution in [0, 0.1) is 5.41 Å². The lowest BCUT2D eigenvalue weighted by molar-refractivity contribution is -0.132. The molecule has 0 bridgehead atoms. The topological polar surface area (TPSA) is 58.4 Å². The zero-order valence-electron chi connectivity index (χ0n) is 10.0. The number of likely N-dealkylation sites (N-methyl/N-ethyl adjacent to an activating group) is 1. The Balaban J connectivity index is 2.45. The van der Waals surface area contributed by atoms with E-state index in [1.54, 1.807) is 4.90 Å². The molecule has 0 spiro atoms. The standard InChI is InChI=1S/C11H23N3O/c1-11(2,7-12)8-14(3)10(15)9-5-4-6-13-9/h9,13H,4-8,12H2,1-3H3/t9-/m0/s1. The van der Waals surface area contributed by atoms with Crippen molar-refractivity contribution in [3.8, 4) is 0 Å². The number of rotatable bonds is 4. The molecular formula is C11H23N3O. The molecule has 1 rings (SSSR count). The zero-order chi connectivity index (χ0) is 11.5. The van der Waals surface area contributed by atoms with Crippen molar-refractivity contribution in [2.45, 2.75) is 32.7 Å². The number of nitrogens with two attached hydrogens (primary N) is 1. The van der Waals surface area contributed by atoms with Gasteiger partial charge >= 0.3 is 0 Å². The van der Waals surface area contributed by atoms with Gasteiger partial charge in [0.05, 0.1) is 6.04 Å². The van der Waals surface area contributed by atoms with E-state index in [1.807, 2.05) is 7.05 Å². The summed E-state index contributed by atoms with van der Waals surface area (Å²) in [5.74, 6) is 0.203. The van der Waals surface area contributed by atoms with Gasteiger partial charge in [0.2, 0.25) is 5.91 Å². The van der Waals surface area contributed by atoms with Crippen molar-refractivity contribution in [3.63, 3.8) is 0 Å². The summed E-state index contributed by atoms with van der Waals surface area (Å²) in [4.78, 5) is 13.8. The highest BCUT2D eigenvalue weighted by atomic mass is 16.2. The van der Waals surface area contributed by atoms with E-state index in [0.717, 1.165) is 25.9 Å². The SMILES string of the molecule is CN(CC(C)(C)CN)C(=O)[C@@H]1CCCN1. The Bertz CT molecular complexity index is 222. The number of nitrogens with one attached hydrogen (secondary N) is 1. The summed E-state index contributed by atoms with van der Waals surface area (Å²) >= 11 is 0. The Labute approximate surface area is 92.2 Å². The van der Waals surface area contributed by atoms with Gasteiger partial charge in [-0.2, -0.15) is 0 Å². The van der Waals surface area contributed by atoms with E-state index in [2.05, 4.69) is 19.2 Å². The highest BCUT2D eigenvalue weighted by Crippen LogP contribution is 2.16. The minimum Gasteiger partial charge on any atom is -0.344 e. The number of carbonyl (C=O) groups excluding carboxylic acids is 1. The van der Waals surface area contributed by atoms with Crippen molar-refractivity contribution in [2.24, 2.45) is 11.1 Å². The highest BCUT2D eigenvalue weighted by Gasteiger charge is 2.28. The smallest absolute Gasteiger partial charge is 0.239 e. The van der Waals surface area contributed by atoms with Crippen molar-refractivity contribution >= 4 is 5.91 Å². The minimum atomic E-state index is 0.00299. The van der Waals surface area contributed by atoms with Crippen molar-refractivity contribution < 1.29 is 4.79 Å². The van der Waals surface area contributed by atoms with Crippen LogP contribution in [0.5, 0.6) is 0 Å². The Morgan fingerprint density at radius 3 is 2.73 bits per heavy atom. The second-order valence-electron chi connectivity index (χ2n) is 5.21. The lowest BCUT2D eigenvalue weighted by Gasteiger charge is -2.30. The van der Waals surface area contributed by atoms with Crippen molar-refractivity contribution in [1.82, 2.24) is 10.2 Å². The molecule has 1 saturated heterocycles. The minimum absolute atomic E-state index is 0.00299. The predicted molar refractivity (Wildman–Crippen MR) is 61.5 cm³/mol. The van der Waals surface area contributed by atoms with Crippen LogP contribution in [0.4, 0.5) is 0 Å². The second-order valence-corrected chi connectivity index (χ2v) is 5.21. The first-order valence-electron chi connectivity index (χ1n) is 5.65. The molecule has 0 radical (unpaired) electrons. The zero-order valence-corrected chi connectivity index (χ0v) is 10.0. The fourth-order valence-electron chi connectivity index (χ4n) is 1.95. The first-order valence-corrected chi connectivity index (χ1v) is 5.65. The fraction of sp³-hybridized carbons (Fsp3) is 0.909. The number of amides is 1. The molecule has 1 aliphatic heterocycles. The van der Waals surface area contributed by atoms with Gasteiger partial charge in [-0.05, 0) is 31.3 Å². The Morgan fingerprint density at radius 1 is 1.60 bits per heavy atom. The number of nitrogens with zero attached hydrogens (tertiary/aromatic N) is 1.